The summed E-state index contributed by atoms with van der Waals surface area (Å²) in [5.41, 5.74) is 7.85. The lowest BCUT2D eigenvalue weighted by atomic mass is 9.94. The van der Waals surface area contributed by atoms with E-state index in [1.54, 1.807) is 0 Å². The average Bonchev–Trinajstić information content (AvgIpc) is 2.45. The molecular formula is C16H26N2O. The topological polar surface area (TPSA) is 55.1 Å². The highest BCUT2D eigenvalue weighted by atomic mass is 16.1. The van der Waals surface area contributed by atoms with Crippen LogP contribution in [-0.2, 0) is 6.42 Å². The molecule has 0 bridgehead atoms. The lowest BCUT2D eigenvalue weighted by Gasteiger charge is -2.26. The minimum absolute atomic E-state index is 0.0419. The Bertz CT molecular complexity index is 394. The summed E-state index contributed by atoms with van der Waals surface area (Å²) >= 11 is 0. The van der Waals surface area contributed by atoms with Crippen LogP contribution < -0.4 is 11.1 Å². The third-order valence-corrected chi connectivity index (χ3v) is 3.76. The Morgan fingerprint density at radius 1 is 1.16 bits per heavy atom. The van der Waals surface area contributed by atoms with Gasteiger partial charge in [-0.3, -0.25) is 4.79 Å². The fraction of sp³-hybridized carbons (Fsp3) is 0.562. The molecule has 3 N–H and O–H groups in total. The molecule has 0 fully saturated rings. The summed E-state index contributed by atoms with van der Waals surface area (Å²) in [6, 6.07) is 7.81. The van der Waals surface area contributed by atoms with Gasteiger partial charge in [0.25, 0.3) is 5.91 Å². The molecule has 0 atom stereocenters. The van der Waals surface area contributed by atoms with Crippen LogP contribution in [0.5, 0.6) is 0 Å². The Morgan fingerprint density at radius 3 is 2.21 bits per heavy atom. The third-order valence-electron chi connectivity index (χ3n) is 3.76. The van der Waals surface area contributed by atoms with E-state index in [2.05, 4.69) is 26.1 Å². The van der Waals surface area contributed by atoms with Crippen LogP contribution in [0.1, 0.15) is 56.0 Å². The molecule has 0 radical (unpaired) electrons. The number of amides is 1. The molecule has 0 heterocycles. The molecule has 0 aliphatic carbocycles. The lowest BCUT2D eigenvalue weighted by Crippen LogP contribution is -2.49. The first-order chi connectivity index (χ1) is 9.04. The zero-order valence-corrected chi connectivity index (χ0v) is 12.3. The summed E-state index contributed by atoms with van der Waals surface area (Å²) in [7, 11) is 0. The summed E-state index contributed by atoms with van der Waals surface area (Å²) in [6.07, 6.45) is 3.89. The number of carbonyl (C=O) groups is 1. The minimum Gasteiger partial charge on any atom is -0.350 e. The minimum atomic E-state index is -0.294. The number of rotatable bonds is 7. The second-order valence-electron chi connectivity index (χ2n) is 5.20. The number of hydrogen-bond donors (Lipinski definition) is 2. The van der Waals surface area contributed by atoms with Gasteiger partial charge in [-0.2, -0.15) is 0 Å². The molecule has 0 aromatic heterocycles. The molecule has 19 heavy (non-hydrogen) atoms. The standard InChI is InChI=1S/C16H26N2O/c1-4-7-13-8-10-14(11-9-13)15(19)18-12-16(17,5-2)6-3/h8-11H,4-7,12,17H2,1-3H3,(H,18,19). The molecule has 0 saturated heterocycles. The van der Waals surface area contributed by atoms with Crippen molar-refractivity contribution in [3.05, 3.63) is 35.4 Å². The van der Waals surface area contributed by atoms with Gasteiger partial charge in [0, 0.05) is 17.6 Å². The zero-order chi connectivity index (χ0) is 14.3. The maximum Gasteiger partial charge on any atom is 0.251 e. The van der Waals surface area contributed by atoms with Crippen LogP contribution in [0.15, 0.2) is 24.3 Å². The number of hydrogen-bond acceptors (Lipinski definition) is 2. The van der Waals surface area contributed by atoms with Crippen molar-refractivity contribution in [1.29, 1.82) is 0 Å². The van der Waals surface area contributed by atoms with E-state index in [-0.39, 0.29) is 11.4 Å². The van der Waals surface area contributed by atoms with Crippen LogP contribution in [0.4, 0.5) is 0 Å². The lowest BCUT2D eigenvalue weighted by molar-refractivity contribution is 0.0942. The van der Waals surface area contributed by atoms with Gasteiger partial charge in [-0.05, 0) is 37.0 Å². The van der Waals surface area contributed by atoms with E-state index in [1.807, 2.05) is 24.3 Å². The number of benzene rings is 1. The molecule has 106 valence electrons. The molecule has 3 nitrogen and oxygen atoms in total. The molecule has 0 aliphatic rings. The van der Waals surface area contributed by atoms with Gasteiger partial charge in [0.15, 0.2) is 0 Å². The molecule has 0 spiro atoms. The van der Waals surface area contributed by atoms with E-state index >= 15 is 0 Å². The van der Waals surface area contributed by atoms with Crippen LogP contribution >= 0.6 is 0 Å². The maximum absolute atomic E-state index is 12.0. The highest BCUT2D eigenvalue weighted by Crippen LogP contribution is 2.11. The van der Waals surface area contributed by atoms with E-state index < -0.39 is 0 Å². The quantitative estimate of drug-likeness (QED) is 0.794. The van der Waals surface area contributed by atoms with E-state index in [0.717, 1.165) is 25.7 Å². The molecule has 1 aromatic rings. The highest BCUT2D eigenvalue weighted by Gasteiger charge is 2.21. The number of nitrogens with one attached hydrogen (secondary N) is 1. The van der Waals surface area contributed by atoms with Gasteiger partial charge < -0.3 is 11.1 Å². The second-order valence-corrected chi connectivity index (χ2v) is 5.20. The summed E-state index contributed by atoms with van der Waals surface area (Å²) in [4.78, 5) is 12.0. The van der Waals surface area contributed by atoms with Gasteiger partial charge in [0.2, 0.25) is 0 Å². The highest BCUT2D eigenvalue weighted by molar-refractivity contribution is 5.94. The molecule has 1 aromatic carbocycles. The molecule has 1 amide bonds. The van der Waals surface area contributed by atoms with Gasteiger partial charge >= 0.3 is 0 Å². The van der Waals surface area contributed by atoms with Crippen LogP contribution in [0.25, 0.3) is 0 Å². The normalized spacial score (nSPS) is 11.4. The van der Waals surface area contributed by atoms with Crippen molar-refractivity contribution in [1.82, 2.24) is 5.32 Å². The number of nitrogens with two attached hydrogens (primary N) is 1. The SMILES string of the molecule is CCCc1ccc(C(=O)NCC(N)(CC)CC)cc1. The van der Waals surface area contributed by atoms with E-state index in [4.69, 9.17) is 5.73 Å². The van der Waals surface area contributed by atoms with Gasteiger partial charge in [0.1, 0.15) is 0 Å². The fourth-order valence-corrected chi connectivity index (χ4v) is 1.97. The molecule has 1 rings (SSSR count). The van der Waals surface area contributed by atoms with Crippen molar-refractivity contribution in [2.45, 2.75) is 52.0 Å². The zero-order valence-electron chi connectivity index (χ0n) is 12.3. The summed E-state index contributed by atoms with van der Waals surface area (Å²) in [6.45, 7) is 6.77. The first-order valence-electron chi connectivity index (χ1n) is 7.20. The van der Waals surface area contributed by atoms with E-state index in [0.29, 0.717) is 12.1 Å². The van der Waals surface area contributed by atoms with Crippen LogP contribution in [0, 0.1) is 0 Å². The van der Waals surface area contributed by atoms with Gasteiger partial charge in [0.05, 0.1) is 0 Å². The third kappa shape index (κ3) is 4.67. The Balaban J connectivity index is 2.58. The van der Waals surface area contributed by atoms with Gasteiger partial charge in [-0.25, -0.2) is 0 Å². The average molecular weight is 262 g/mol. The summed E-state index contributed by atoms with van der Waals surface area (Å²) < 4.78 is 0. The van der Waals surface area contributed by atoms with Crippen molar-refractivity contribution >= 4 is 5.91 Å². The molecule has 0 aliphatic heterocycles. The van der Waals surface area contributed by atoms with Crippen molar-refractivity contribution in [3.8, 4) is 0 Å². The molecular weight excluding hydrogens is 236 g/mol. The van der Waals surface area contributed by atoms with Crippen molar-refractivity contribution in [2.75, 3.05) is 6.54 Å². The van der Waals surface area contributed by atoms with Gasteiger partial charge in [-0.15, -0.1) is 0 Å². The van der Waals surface area contributed by atoms with Crippen molar-refractivity contribution < 1.29 is 4.79 Å². The Kier molecular flexibility index (Phi) is 6.03. The molecule has 0 unspecified atom stereocenters. The van der Waals surface area contributed by atoms with Crippen molar-refractivity contribution in [3.63, 3.8) is 0 Å². The smallest absolute Gasteiger partial charge is 0.251 e. The number of carbonyl (C=O) groups excluding carboxylic acids is 1. The predicted octanol–water partition coefficient (Wildman–Crippen LogP) is 2.89. The number of aryl methyl sites for hydroxylation is 1. The molecule has 0 saturated carbocycles. The van der Waals surface area contributed by atoms with Crippen LogP contribution in [-0.4, -0.2) is 18.0 Å². The van der Waals surface area contributed by atoms with Crippen LogP contribution in [0.2, 0.25) is 0 Å². The van der Waals surface area contributed by atoms with Gasteiger partial charge in [-0.1, -0.05) is 39.3 Å². The van der Waals surface area contributed by atoms with Crippen LogP contribution in [0.3, 0.4) is 0 Å². The van der Waals surface area contributed by atoms with E-state index in [1.165, 1.54) is 5.56 Å². The predicted molar refractivity (Wildman–Crippen MR) is 80.3 cm³/mol. The monoisotopic (exact) mass is 262 g/mol. The first-order valence-corrected chi connectivity index (χ1v) is 7.20. The molecule has 3 heteroatoms. The van der Waals surface area contributed by atoms with Crippen molar-refractivity contribution in [2.24, 2.45) is 5.73 Å². The Hall–Kier alpha value is -1.35. The Morgan fingerprint density at radius 2 is 1.74 bits per heavy atom. The summed E-state index contributed by atoms with van der Waals surface area (Å²) in [5.74, 6) is -0.0419. The second kappa shape index (κ2) is 7.29. The maximum atomic E-state index is 12.0. The van der Waals surface area contributed by atoms with E-state index in [9.17, 15) is 4.79 Å². The Labute approximate surface area is 116 Å². The fourth-order valence-electron chi connectivity index (χ4n) is 1.97. The largest absolute Gasteiger partial charge is 0.350 e. The first kappa shape index (κ1) is 15.7. The summed E-state index contributed by atoms with van der Waals surface area (Å²) in [5, 5.41) is 2.93.